The van der Waals surface area contributed by atoms with Crippen LogP contribution in [0.1, 0.15) is 12.8 Å². The highest BCUT2D eigenvalue weighted by Gasteiger charge is 2.34. The number of carbonyl (C=O) groups excluding carboxylic acids is 2. The fraction of sp³-hybridized carbons (Fsp3) is 0.429. The van der Waals surface area contributed by atoms with Crippen molar-refractivity contribution in [3.05, 3.63) is 29.3 Å². The Morgan fingerprint density at radius 2 is 1.95 bits per heavy atom. The topological polar surface area (TPSA) is 52.7 Å². The summed E-state index contributed by atoms with van der Waals surface area (Å²) in [6.07, 6.45) is 1.54. The van der Waals surface area contributed by atoms with Gasteiger partial charge < -0.3 is 15.1 Å². The maximum absolute atomic E-state index is 12.3. The Morgan fingerprint density at radius 1 is 1.30 bits per heavy atom. The Hall–Kier alpha value is -1.75. The first-order valence-corrected chi connectivity index (χ1v) is 6.91. The number of likely N-dealkylation sites (tertiary alicyclic amines) is 1. The summed E-state index contributed by atoms with van der Waals surface area (Å²) in [7, 11) is 3.38. The van der Waals surface area contributed by atoms with Gasteiger partial charge in [-0.25, -0.2) is 4.79 Å². The van der Waals surface area contributed by atoms with Crippen molar-refractivity contribution in [2.45, 2.75) is 18.9 Å². The van der Waals surface area contributed by atoms with E-state index in [9.17, 15) is 9.59 Å². The fourth-order valence-electron chi connectivity index (χ4n) is 2.28. The average Bonchev–Trinajstić information content (AvgIpc) is 2.89. The number of nitrogens with one attached hydrogen (secondary N) is 1. The number of carbonyl (C=O) groups is 2. The van der Waals surface area contributed by atoms with E-state index in [1.165, 1.54) is 4.90 Å². The normalized spacial score (nSPS) is 17.9. The zero-order chi connectivity index (χ0) is 14.7. The summed E-state index contributed by atoms with van der Waals surface area (Å²) in [5, 5.41) is 3.44. The van der Waals surface area contributed by atoms with Gasteiger partial charge in [-0.3, -0.25) is 4.79 Å². The average molecular weight is 296 g/mol. The lowest BCUT2D eigenvalue weighted by molar-refractivity contribution is -0.119. The van der Waals surface area contributed by atoms with Crippen molar-refractivity contribution in [1.82, 2.24) is 9.80 Å². The zero-order valence-electron chi connectivity index (χ0n) is 11.6. The molecule has 0 bridgehead atoms. The maximum Gasteiger partial charge on any atom is 0.320 e. The summed E-state index contributed by atoms with van der Waals surface area (Å²) in [5.74, 6) is -0.153. The Kier molecular flexibility index (Phi) is 4.49. The molecule has 1 aromatic carbocycles. The molecule has 2 rings (SSSR count). The summed E-state index contributed by atoms with van der Waals surface area (Å²) in [4.78, 5) is 27.4. The molecule has 0 spiro atoms. The molecule has 3 amide bonds. The van der Waals surface area contributed by atoms with E-state index in [1.807, 2.05) is 0 Å². The molecule has 1 heterocycles. The maximum atomic E-state index is 12.3. The number of benzene rings is 1. The number of hydrogen-bond donors (Lipinski definition) is 1. The van der Waals surface area contributed by atoms with Gasteiger partial charge in [0.2, 0.25) is 5.91 Å². The number of amides is 3. The van der Waals surface area contributed by atoms with Crippen LogP contribution in [0.2, 0.25) is 5.02 Å². The molecular formula is C14H18ClN3O2. The van der Waals surface area contributed by atoms with Gasteiger partial charge in [-0.2, -0.15) is 0 Å². The number of hydrogen-bond acceptors (Lipinski definition) is 2. The van der Waals surface area contributed by atoms with Crippen LogP contribution in [0.4, 0.5) is 10.5 Å². The molecule has 0 radical (unpaired) electrons. The van der Waals surface area contributed by atoms with Crippen molar-refractivity contribution in [3.8, 4) is 0 Å². The van der Waals surface area contributed by atoms with E-state index in [1.54, 1.807) is 43.3 Å². The first kappa shape index (κ1) is 14.7. The molecule has 1 aliphatic rings. The SMILES string of the molecule is CN(C)C(=O)N1CCC[C@H]1C(=O)Nc1ccc(Cl)cc1. The van der Waals surface area contributed by atoms with E-state index in [2.05, 4.69) is 5.32 Å². The van der Waals surface area contributed by atoms with Gasteiger partial charge in [0, 0.05) is 31.4 Å². The molecule has 1 N–H and O–H groups in total. The van der Waals surface area contributed by atoms with Gasteiger partial charge in [0.05, 0.1) is 0 Å². The van der Waals surface area contributed by atoms with Crippen LogP contribution in [0.15, 0.2) is 24.3 Å². The molecular weight excluding hydrogens is 278 g/mol. The Bertz CT molecular complexity index is 502. The third-order valence-corrected chi connectivity index (χ3v) is 3.55. The second-order valence-electron chi connectivity index (χ2n) is 5.02. The predicted molar refractivity (Wildman–Crippen MR) is 78.9 cm³/mol. The van der Waals surface area contributed by atoms with Crippen molar-refractivity contribution in [3.63, 3.8) is 0 Å². The fourth-order valence-corrected chi connectivity index (χ4v) is 2.41. The van der Waals surface area contributed by atoms with Gasteiger partial charge in [0.25, 0.3) is 0 Å². The van der Waals surface area contributed by atoms with E-state index < -0.39 is 6.04 Å². The van der Waals surface area contributed by atoms with Gasteiger partial charge in [0.1, 0.15) is 6.04 Å². The summed E-state index contributed by atoms with van der Waals surface area (Å²) < 4.78 is 0. The molecule has 5 nitrogen and oxygen atoms in total. The van der Waals surface area contributed by atoms with Crippen molar-refractivity contribution in [1.29, 1.82) is 0 Å². The smallest absolute Gasteiger partial charge is 0.320 e. The van der Waals surface area contributed by atoms with Crippen LogP contribution in [-0.2, 0) is 4.79 Å². The third-order valence-electron chi connectivity index (χ3n) is 3.30. The van der Waals surface area contributed by atoms with Crippen LogP contribution < -0.4 is 5.32 Å². The molecule has 0 saturated carbocycles. The summed E-state index contributed by atoms with van der Waals surface area (Å²) >= 11 is 5.80. The van der Waals surface area contributed by atoms with Crippen molar-refractivity contribution in [2.24, 2.45) is 0 Å². The summed E-state index contributed by atoms with van der Waals surface area (Å²) in [6.45, 7) is 0.621. The highest BCUT2D eigenvalue weighted by Crippen LogP contribution is 2.21. The van der Waals surface area contributed by atoms with E-state index in [-0.39, 0.29) is 11.9 Å². The Labute approximate surface area is 123 Å². The number of urea groups is 1. The van der Waals surface area contributed by atoms with Crippen molar-refractivity contribution < 1.29 is 9.59 Å². The van der Waals surface area contributed by atoms with Crippen molar-refractivity contribution >= 4 is 29.2 Å². The van der Waals surface area contributed by atoms with Gasteiger partial charge in [-0.1, -0.05) is 11.6 Å². The standard InChI is InChI=1S/C14H18ClN3O2/c1-17(2)14(20)18-9-3-4-12(18)13(19)16-11-7-5-10(15)6-8-11/h5-8,12H,3-4,9H2,1-2H3,(H,16,19)/t12-/m0/s1. The number of halogens is 1. The minimum atomic E-state index is -0.402. The first-order chi connectivity index (χ1) is 9.49. The van der Waals surface area contributed by atoms with Crippen LogP contribution >= 0.6 is 11.6 Å². The van der Waals surface area contributed by atoms with Crippen molar-refractivity contribution in [2.75, 3.05) is 26.0 Å². The van der Waals surface area contributed by atoms with Crippen LogP contribution in [-0.4, -0.2) is 48.4 Å². The monoisotopic (exact) mass is 295 g/mol. The minimum absolute atomic E-state index is 0.126. The first-order valence-electron chi connectivity index (χ1n) is 6.53. The van der Waals surface area contributed by atoms with Gasteiger partial charge in [0.15, 0.2) is 0 Å². The largest absolute Gasteiger partial charge is 0.331 e. The molecule has 0 aromatic heterocycles. The molecule has 108 valence electrons. The molecule has 0 unspecified atom stereocenters. The predicted octanol–water partition coefficient (Wildman–Crippen LogP) is 2.42. The molecule has 1 atom stereocenters. The zero-order valence-corrected chi connectivity index (χ0v) is 12.4. The lowest BCUT2D eigenvalue weighted by Gasteiger charge is -2.26. The summed E-state index contributed by atoms with van der Waals surface area (Å²) in [6, 6.07) is 6.39. The quantitative estimate of drug-likeness (QED) is 0.911. The van der Waals surface area contributed by atoms with Crippen LogP contribution in [0.25, 0.3) is 0 Å². The van der Waals surface area contributed by atoms with Gasteiger partial charge >= 0.3 is 6.03 Å². The molecule has 1 aromatic rings. The van der Waals surface area contributed by atoms with Gasteiger partial charge in [-0.05, 0) is 37.1 Å². The number of anilines is 1. The van der Waals surface area contributed by atoms with Crippen LogP contribution in [0.5, 0.6) is 0 Å². The Morgan fingerprint density at radius 3 is 2.55 bits per heavy atom. The second kappa shape index (κ2) is 6.13. The summed E-state index contributed by atoms with van der Waals surface area (Å²) in [5.41, 5.74) is 0.684. The number of nitrogens with zero attached hydrogens (tertiary/aromatic N) is 2. The molecule has 1 aliphatic heterocycles. The molecule has 1 saturated heterocycles. The highest BCUT2D eigenvalue weighted by molar-refractivity contribution is 6.30. The second-order valence-corrected chi connectivity index (χ2v) is 5.46. The molecule has 0 aliphatic carbocycles. The van der Waals surface area contributed by atoms with E-state index >= 15 is 0 Å². The lowest BCUT2D eigenvalue weighted by Crippen LogP contribution is -2.47. The highest BCUT2D eigenvalue weighted by atomic mass is 35.5. The van der Waals surface area contributed by atoms with E-state index in [4.69, 9.17) is 11.6 Å². The third kappa shape index (κ3) is 3.22. The van der Waals surface area contributed by atoms with E-state index in [0.29, 0.717) is 23.7 Å². The lowest BCUT2D eigenvalue weighted by atomic mass is 10.2. The number of rotatable bonds is 2. The van der Waals surface area contributed by atoms with Gasteiger partial charge in [-0.15, -0.1) is 0 Å². The van der Waals surface area contributed by atoms with Crippen LogP contribution in [0.3, 0.4) is 0 Å². The molecule has 20 heavy (non-hydrogen) atoms. The minimum Gasteiger partial charge on any atom is -0.331 e. The Balaban J connectivity index is 2.04. The van der Waals surface area contributed by atoms with E-state index in [0.717, 1.165) is 6.42 Å². The molecule has 1 fully saturated rings. The molecule has 6 heteroatoms. The van der Waals surface area contributed by atoms with Crippen LogP contribution in [0, 0.1) is 0 Å².